The molecule has 1 aliphatic heterocycles. The Morgan fingerprint density at radius 2 is 1.91 bits per heavy atom. The highest BCUT2D eigenvalue weighted by molar-refractivity contribution is 5.97. The fourth-order valence-corrected chi connectivity index (χ4v) is 4.10. The number of ether oxygens (including phenoxy) is 2. The number of fused-ring (bicyclic) bond motifs is 1. The van der Waals surface area contributed by atoms with Gasteiger partial charge in [-0.1, -0.05) is 6.07 Å². The average Bonchev–Trinajstić information content (AvgIpc) is 2.82. The molecule has 0 bridgehead atoms. The van der Waals surface area contributed by atoms with Gasteiger partial charge >= 0.3 is 0 Å². The average molecular weight is 434 g/mol. The lowest BCUT2D eigenvalue weighted by molar-refractivity contribution is -0.120. The minimum absolute atomic E-state index is 0.123. The molecule has 1 N–H and O–H groups in total. The first kappa shape index (κ1) is 21.4. The lowest BCUT2D eigenvalue weighted by Crippen LogP contribution is -2.38. The lowest BCUT2D eigenvalue weighted by Gasteiger charge is -2.34. The van der Waals surface area contributed by atoms with Gasteiger partial charge in [0.2, 0.25) is 5.91 Å². The normalized spacial score (nSPS) is 14.1. The molecule has 0 atom stereocenters. The van der Waals surface area contributed by atoms with Crippen LogP contribution in [-0.4, -0.2) is 38.2 Å². The number of hydrogen-bond acceptors (Lipinski definition) is 6. The summed E-state index contributed by atoms with van der Waals surface area (Å²) in [7, 11) is 3.13. The summed E-state index contributed by atoms with van der Waals surface area (Å²) >= 11 is 0. The third kappa shape index (κ3) is 4.14. The Morgan fingerprint density at radius 3 is 2.56 bits per heavy atom. The van der Waals surface area contributed by atoms with Crippen LogP contribution < -0.4 is 19.7 Å². The van der Waals surface area contributed by atoms with E-state index >= 15 is 0 Å². The molecule has 1 aliphatic rings. The van der Waals surface area contributed by atoms with E-state index in [1.807, 2.05) is 6.07 Å². The molecule has 1 saturated heterocycles. The molecule has 2 heterocycles. The number of hydrogen-bond donors (Lipinski definition) is 1. The Morgan fingerprint density at radius 1 is 1.19 bits per heavy atom. The number of piperidine rings is 1. The van der Waals surface area contributed by atoms with E-state index in [1.54, 1.807) is 38.6 Å². The molecule has 0 radical (unpaired) electrons. The van der Waals surface area contributed by atoms with Crippen molar-refractivity contribution in [1.82, 2.24) is 4.98 Å². The first-order valence-electron chi connectivity index (χ1n) is 10.3. The number of carbonyl (C=O) groups is 1. The van der Waals surface area contributed by atoms with Gasteiger partial charge in [0, 0.05) is 42.3 Å². The van der Waals surface area contributed by atoms with Crippen molar-refractivity contribution in [2.24, 2.45) is 5.92 Å². The summed E-state index contributed by atoms with van der Waals surface area (Å²) in [5, 5.41) is 13.3. The van der Waals surface area contributed by atoms with Gasteiger partial charge in [-0.25, -0.2) is 4.39 Å². The number of amides is 1. The van der Waals surface area contributed by atoms with Gasteiger partial charge in [-0.2, -0.15) is 5.26 Å². The Balaban J connectivity index is 1.57. The maximum absolute atomic E-state index is 13.4. The number of aromatic nitrogens is 1. The molecule has 2 aromatic carbocycles. The first-order valence-corrected chi connectivity index (χ1v) is 10.3. The summed E-state index contributed by atoms with van der Waals surface area (Å²) in [6.45, 7) is 1.20. The maximum Gasteiger partial charge on any atom is 0.227 e. The predicted molar refractivity (Wildman–Crippen MR) is 120 cm³/mol. The largest absolute Gasteiger partial charge is 0.493 e. The van der Waals surface area contributed by atoms with E-state index in [0.717, 1.165) is 11.1 Å². The van der Waals surface area contributed by atoms with Crippen molar-refractivity contribution in [2.75, 3.05) is 37.5 Å². The van der Waals surface area contributed by atoms with Crippen molar-refractivity contribution in [3.8, 4) is 17.6 Å². The Labute approximate surface area is 185 Å². The molecule has 1 aromatic heterocycles. The van der Waals surface area contributed by atoms with E-state index < -0.39 is 5.82 Å². The third-order valence-electron chi connectivity index (χ3n) is 5.74. The number of anilines is 2. The Bertz CT molecular complexity index is 1200. The highest BCUT2D eigenvalue weighted by Gasteiger charge is 2.28. The van der Waals surface area contributed by atoms with Crippen LogP contribution in [0.5, 0.6) is 11.5 Å². The molecule has 164 valence electrons. The van der Waals surface area contributed by atoms with Gasteiger partial charge in [0.25, 0.3) is 0 Å². The van der Waals surface area contributed by atoms with Crippen molar-refractivity contribution in [2.45, 2.75) is 12.8 Å². The zero-order valence-electron chi connectivity index (χ0n) is 17.9. The Hall–Kier alpha value is -3.86. The van der Waals surface area contributed by atoms with E-state index in [2.05, 4.69) is 21.3 Å². The highest BCUT2D eigenvalue weighted by Crippen LogP contribution is 2.38. The van der Waals surface area contributed by atoms with Crippen molar-refractivity contribution < 1.29 is 18.7 Å². The quantitative estimate of drug-likeness (QED) is 0.650. The predicted octanol–water partition coefficient (Wildman–Crippen LogP) is 4.12. The molecule has 0 spiro atoms. The number of rotatable bonds is 5. The summed E-state index contributed by atoms with van der Waals surface area (Å²) in [6.07, 6.45) is 2.79. The molecular formula is C24H23FN4O3. The van der Waals surface area contributed by atoms with Gasteiger partial charge < -0.3 is 19.7 Å². The van der Waals surface area contributed by atoms with Gasteiger partial charge in [-0.05, 0) is 37.1 Å². The highest BCUT2D eigenvalue weighted by atomic mass is 19.1. The number of nitriles is 1. The van der Waals surface area contributed by atoms with Crippen molar-refractivity contribution >= 4 is 28.2 Å². The molecule has 3 aromatic rings. The van der Waals surface area contributed by atoms with Crippen LogP contribution in [0.25, 0.3) is 10.9 Å². The fraction of sp³-hybridized carbons (Fsp3) is 0.292. The van der Waals surface area contributed by atoms with Crippen LogP contribution in [0.4, 0.5) is 15.8 Å². The number of halogens is 1. The summed E-state index contributed by atoms with van der Waals surface area (Å²) in [6, 6.07) is 11.7. The van der Waals surface area contributed by atoms with Crippen molar-refractivity contribution in [3.63, 3.8) is 0 Å². The molecule has 32 heavy (non-hydrogen) atoms. The van der Waals surface area contributed by atoms with Crippen LogP contribution in [0, 0.1) is 23.1 Å². The molecule has 4 rings (SSSR count). The SMILES string of the molecule is COc1cc2ncc(C#N)c(N3CCC(C(=O)Nc4cccc(F)c4)CC3)c2cc1OC. The van der Waals surface area contributed by atoms with Crippen molar-refractivity contribution in [1.29, 1.82) is 5.26 Å². The number of benzene rings is 2. The van der Waals surface area contributed by atoms with E-state index in [4.69, 9.17) is 9.47 Å². The summed E-state index contributed by atoms with van der Waals surface area (Å²) in [5.74, 6) is 0.418. The molecule has 0 aliphatic carbocycles. The van der Waals surface area contributed by atoms with Gasteiger partial charge in [0.1, 0.15) is 11.9 Å². The number of nitrogens with one attached hydrogen (secondary N) is 1. The van der Waals surface area contributed by atoms with Crippen LogP contribution in [-0.2, 0) is 4.79 Å². The second-order valence-electron chi connectivity index (χ2n) is 7.62. The minimum atomic E-state index is -0.390. The zero-order valence-corrected chi connectivity index (χ0v) is 17.9. The smallest absolute Gasteiger partial charge is 0.227 e. The minimum Gasteiger partial charge on any atom is -0.493 e. The monoisotopic (exact) mass is 434 g/mol. The molecular weight excluding hydrogens is 411 g/mol. The van der Waals surface area contributed by atoms with Crippen molar-refractivity contribution in [3.05, 3.63) is 54.0 Å². The van der Waals surface area contributed by atoms with Crippen LogP contribution in [0.15, 0.2) is 42.6 Å². The number of carbonyl (C=O) groups excluding carboxylic acids is 1. The van der Waals surface area contributed by atoms with Crippen LogP contribution in [0.3, 0.4) is 0 Å². The van der Waals surface area contributed by atoms with Crippen LogP contribution >= 0.6 is 0 Å². The number of pyridine rings is 1. The molecule has 0 saturated carbocycles. The molecule has 0 unspecified atom stereocenters. The van der Waals surface area contributed by atoms with Gasteiger partial charge in [0.05, 0.1) is 31.0 Å². The van der Waals surface area contributed by atoms with Gasteiger partial charge in [0.15, 0.2) is 11.5 Å². The topological polar surface area (TPSA) is 87.5 Å². The maximum atomic E-state index is 13.4. The standard InChI is InChI=1S/C24H23FN4O3/c1-31-21-11-19-20(12-22(21)32-2)27-14-16(13-26)23(19)29-8-6-15(7-9-29)24(30)28-18-5-3-4-17(25)10-18/h3-5,10-12,14-15H,6-9H2,1-2H3,(H,28,30). The second kappa shape index (κ2) is 9.10. The molecule has 7 nitrogen and oxygen atoms in total. The van der Waals surface area contributed by atoms with E-state index in [1.165, 1.54) is 12.1 Å². The van der Waals surface area contributed by atoms with Gasteiger partial charge in [-0.3, -0.25) is 9.78 Å². The second-order valence-corrected chi connectivity index (χ2v) is 7.62. The van der Waals surface area contributed by atoms with E-state index in [-0.39, 0.29) is 11.8 Å². The first-order chi connectivity index (χ1) is 15.5. The number of methoxy groups -OCH3 is 2. The molecule has 1 fully saturated rings. The summed E-state index contributed by atoms with van der Waals surface area (Å²) in [5.41, 5.74) is 2.39. The molecule has 8 heteroatoms. The lowest BCUT2D eigenvalue weighted by atomic mass is 9.94. The van der Waals surface area contributed by atoms with Crippen LogP contribution in [0.1, 0.15) is 18.4 Å². The summed E-state index contributed by atoms with van der Waals surface area (Å²) < 4.78 is 24.2. The van der Waals surface area contributed by atoms with E-state index in [0.29, 0.717) is 54.2 Å². The van der Waals surface area contributed by atoms with E-state index in [9.17, 15) is 14.4 Å². The summed E-state index contributed by atoms with van der Waals surface area (Å²) in [4.78, 5) is 19.2. The molecule has 1 amide bonds. The fourth-order valence-electron chi connectivity index (χ4n) is 4.10. The van der Waals surface area contributed by atoms with Gasteiger partial charge in [-0.15, -0.1) is 0 Å². The zero-order chi connectivity index (χ0) is 22.7. The third-order valence-corrected chi connectivity index (χ3v) is 5.74. The Kier molecular flexibility index (Phi) is 6.08. The van der Waals surface area contributed by atoms with Crippen LogP contribution in [0.2, 0.25) is 0 Å². The number of nitrogens with zero attached hydrogens (tertiary/aromatic N) is 3.